The van der Waals surface area contributed by atoms with Crippen LogP contribution < -0.4 is 20.1 Å². The minimum absolute atomic E-state index is 0.102. The molecule has 0 saturated heterocycles. The van der Waals surface area contributed by atoms with Crippen molar-refractivity contribution in [2.24, 2.45) is 0 Å². The van der Waals surface area contributed by atoms with Crippen LogP contribution in [-0.4, -0.2) is 34.0 Å². The van der Waals surface area contributed by atoms with Crippen LogP contribution in [0.3, 0.4) is 0 Å². The van der Waals surface area contributed by atoms with Crippen molar-refractivity contribution in [1.82, 2.24) is 9.97 Å². The summed E-state index contributed by atoms with van der Waals surface area (Å²) in [5.74, 6) is 0.677. The van der Waals surface area contributed by atoms with Gasteiger partial charge < -0.3 is 20.1 Å². The fraction of sp³-hybridized carbons (Fsp3) is 0.111. The summed E-state index contributed by atoms with van der Waals surface area (Å²) in [5.41, 5.74) is 0.0286. The topological polar surface area (TPSA) is 155 Å². The second-order valence-electron chi connectivity index (χ2n) is 5.80. The summed E-state index contributed by atoms with van der Waals surface area (Å²) >= 11 is 0. The van der Waals surface area contributed by atoms with Gasteiger partial charge in [0.15, 0.2) is 0 Å². The average molecular weight is 412 g/mol. The monoisotopic (exact) mass is 412 g/mol. The predicted octanol–water partition coefficient (Wildman–Crippen LogP) is 3.80. The Morgan fingerprint density at radius 1 is 0.900 bits per heavy atom. The average Bonchev–Trinajstić information content (AvgIpc) is 2.73. The molecule has 0 saturated carbocycles. The molecule has 1 aromatic heterocycles. The zero-order valence-electron chi connectivity index (χ0n) is 15.9. The van der Waals surface area contributed by atoms with Crippen molar-refractivity contribution in [3.05, 3.63) is 69.0 Å². The second-order valence-corrected chi connectivity index (χ2v) is 5.80. The smallest absolute Gasteiger partial charge is 0.353 e. The van der Waals surface area contributed by atoms with Gasteiger partial charge in [-0.05, 0) is 18.2 Å². The molecule has 0 fully saturated rings. The highest BCUT2D eigenvalue weighted by Crippen LogP contribution is 2.37. The number of rotatable bonds is 8. The maximum Gasteiger partial charge on any atom is 0.353 e. The largest absolute Gasteiger partial charge is 0.497 e. The summed E-state index contributed by atoms with van der Waals surface area (Å²) in [4.78, 5) is 29.4. The number of hydrogen-bond acceptors (Lipinski definition) is 10. The molecule has 3 aromatic rings. The molecule has 0 aliphatic heterocycles. The Bertz CT molecular complexity index is 1110. The first-order valence-electron chi connectivity index (χ1n) is 8.43. The molecule has 0 bridgehead atoms. The first-order chi connectivity index (χ1) is 14.4. The van der Waals surface area contributed by atoms with Crippen LogP contribution in [0.4, 0.5) is 34.4 Å². The second kappa shape index (κ2) is 8.68. The number of ether oxygens (including phenoxy) is 2. The number of nitrogens with one attached hydrogen (secondary N) is 2. The summed E-state index contributed by atoms with van der Waals surface area (Å²) < 4.78 is 10.4. The molecule has 12 heteroatoms. The molecule has 1 heterocycles. The van der Waals surface area contributed by atoms with Crippen molar-refractivity contribution in [3.8, 4) is 11.5 Å². The summed E-state index contributed by atoms with van der Waals surface area (Å²) in [6.45, 7) is 0. The van der Waals surface area contributed by atoms with Crippen LogP contribution in [0.1, 0.15) is 0 Å². The number of hydrogen-bond donors (Lipinski definition) is 2. The van der Waals surface area contributed by atoms with Crippen molar-refractivity contribution in [2.45, 2.75) is 0 Å². The Labute approximate surface area is 169 Å². The highest BCUT2D eigenvalue weighted by Gasteiger charge is 2.24. The fourth-order valence-electron chi connectivity index (χ4n) is 2.61. The van der Waals surface area contributed by atoms with Gasteiger partial charge in [-0.15, -0.1) is 0 Å². The van der Waals surface area contributed by atoms with Gasteiger partial charge >= 0.3 is 5.69 Å². The van der Waals surface area contributed by atoms with E-state index in [2.05, 4.69) is 20.6 Å². The Kier molecular flexibility index (Phi) is 5.86. The normalized spacial score (nSPS) is 10.2. The van der Waals surface area contributed by atoms with E-state index in [0.29, 0.717) is 17.2 Å². The van der Waals surface area contributed by atoms with E-state index in [4.69, 9.17) is 9.47 Å². The molecule has 154 valence electrons. The highest BCUT2D eigenvalue weighted by molar-refractivity contribution is 5.79. The molecule has 12 nitrogen and oxygen atoms in total. The van der Waals surface area contributed by atoms with Gasteiger partial charge in [0, 0.05) is 23.9 Å². The summed E-state index contributed by atoms with van der Waals surface area (Å²) in [5, 5.41) is 28.3. The minimum Gasteiger partial charge on any atom is -0.497 e. The Balaban J connectivity index is 2.01. The van der Waals surface area contributed by atoms with Crippen LogP contribution >= 0.6 is 0 Å². The molecule has 0 radical (unpaired) electrons. The van der Waals surface area contributed by atoms with Gasteiger partial charge in [0.25, 0.3) is 5.69 Å². The number of nitrogens with zero attached hydrogens (tertiary/aromatic N) is 4. The molecule has 0 atom stereocenters. The van der Waals surface area contributed by atoms with Crippen LogP contribution in [-0.2, 0) is 0 Å². The quantitative estimate of drug-likeness (QED) is 0.412. The van der Waals surface area contributed by atoms with Gasteiger partial charge in [-0.25, -0.2) is 9.97 Å². The lowest BCUT2D eigenvalue weighted by molar-refractivity contribution is -0.384. The van der Waals surface area contributed by atoms with E-state index in [1.54, 1.807) is 18.2 Å². The van der Waals surface area contributed by atoms with Crippen LogP contribution in [0.2, 0.25) is 0 Å². The Hall–Kier alpha value is -4.48. The fourth-order valence-corrected chi connectivity index (χ4v) is 2.61. The lowest BCUT2D eigenvalue weighted by Gasteiger charge is -2.13. The summed E-state index contributed by atoms with van der Waals surface area (Å²) in [7, 11) is 2.94. The maximum atomic E-state index is 11.8. The lowest BCUT2D eigenvalue weighted by Crippen LogP contribution is -2.06. The van der Waals surface area contributed by atoms with Gasteiger partial charge in [0.1, 0.15) is 17.8 Å². The van der Waals surface area contributed by atoms with Crippen LogP contribution in [0, 0.1) is 20.2 Å². The van der Waals surface area contributed by atoms with E-state index < -0.39 is 15.5 Å². The van der Waals surface area contributed by atoms with Crippen molar-refractivity contribution in [2.75, 3.05) is 24.9 Å². The van der Waals surface area contributed by atoms with Gasteiger partial charge in [0.05, 0.1) is 29.8 Å². The summed E-state index contributed by atoms with van der Waals surface area (Å²) in [6.07, 6.45) is 1.13. The van der Waals surface area contributed by atoms with Crippen molar-refractivity contribution >= 4 is 34.4 Å². The molecule has 2 aromatic carbocycles. The SMILES string of the molecule is COc1ccc(OC)c(Nc2ncnc(Nc3cccc([N+](=O)[O-])c3)c2[N+](=O)[O-])c1. The summed E-state index contributed by atoms with van der Waals surface area (Å²) in [6, 6.07) is 10.4. The Morgan fingerprint density at radius 3 is 2.27 bits per heavy atom. The predicted molar refractivity (Wildman–Crippen MR) is 108 cm³/mol. The van der Waals surface area contributed by atoms with Gasteiger partial charge in [-0.2, -0.15) is 0 Å². The highest BCUT2D eigenvalue weighted by atomic mass is 16.6. The maximum absolute atomic E-state index is 11.8. The third-order valence-electron chi connectivity index (χ3n) is 3.98. The number of aromatic nitrogens is 2. The molecule has 2 N–H and O–H groups in total. The van der Waals surface area contributed by atoms with Crippen molar-refractivity contribution in [3.63, 3.8) is 0 Å². The number of nitro groups is 2. The number of methoxy groups -OCH3 is 2. The molecule has 0 aliphatic carbocycles. The molecule has 0 amide bonds. The number of benzene rings is 2. The van der Waals surface area contributed by atoms with Crippen LogP contribution in [0.5, 0.6) is 11.5 Å². The number of non-ortho nitro benzene ring substituents is 1. The van der Waals surface area contributed by atoms with E-state index >= 15 is 0 Å². The van der Waals surface area contributed by atoms with E-state index in [-0.39, 0.29) is 23.0 Å². The van der Waals surface area contributed by atoms with E-state index in [0.717, 1.165) is 6.33 Å². The third-order valence-corrected chi connectivity index (χ3v) is 3.98. The molecule has 0 unspecified atom stereocenters. The van der Waals surface area contributed by atoms with Gasteiger partial charge in [-0.3, -0.25) is 20.2 Å². The van der Waals surface area contributed by atoms with Crippen molar-refractivity contribution < 1.29 is 19.3 Å². The number of nitro benzene ring substituents is 1. The molecule has 3 rings (SSSR count). The standard InChI is InChI=1S/C18H16N6O6/c1-29-13-6-7-15(30-2)14(9-13)22-18-16(24(27)28)17(19-10-20-18)21-11-4-3-5-12(8-11)23(25)26/h3-10H,1-2H3,(H2,19,20,21,22). The van der Waals surface area contributed by atoms with Crippen molar-refractivity contribution in [1.29, 1.82) is 0 Å². The van der Waals surface area contributed by atoms with E-state index in [9.17, 15) is 20.2 Å². The van der Waals surface area contributed by atoms with E-state index in [1.807, 2.05) is 0 Å². The molecular weight excluding hydrogens is 396 g/mol. The Morgan fingerprint density at radius 2 is 1.63 bits per heavy atom. The first-order valence-corrected chi connectivity index (χ1v) is 8.43. The molecule has 0 spiro atoms. The zero-order chi connectivity index (χ0) is 21.7. The van der Waals surface area contributed by atoms with Crippen LogP contribution in [0.15, 0.2) is 48.8 Å². The number of anilines is 4. The van der Waals surface area contributed by atoms with E-state index in [1.165, 1.54) is 38.5 Å². The van der Waals surface area contributed by atoms with Crippen LogP contribution in [0.25, 0.3) is 0 Å². The van der Waals surface area contributed by atoms with Gasteiger partial charge in [-0.1, -0.05) is 6.07 Å². The molecule has 0 aliphatic rings. The zero-order valence-corrected chi connectivity index (χ0v) is 15.9. The first kappa shape index (κ1) is 20.3. The lowest BCUT2D eigenvalue weighted by atomic mass is 10.2. The van der Waals surface area contributed by atoms with Gasteiger partial charge in [0.2, 0.25) is 11.6 Å². The minimum atomic E-state index is -0.658. The third kappa shape index (κ3) is 4.32. The molecular formula is C18H16N6O6. The molecule has 30 heavy (non-hydrogen) atoms.